The maximum absolute atomic E-state index is 13.3. The van der Waals surface area contributed by atoms with E-state index in [-0.39, 0.29) is 24.3 Å². The second-order valence-corrected chi connectivity index (χ2v) is 8.77. The number of nitrogens with zero attached hydrogens (tertiary/aromatic N) is 1. The van der Waals surface area contributed by atoms with Gasteiger partial charge in [0.2, 0.25) is 11.8 Å². The van der Waals surface area contributed by atoms with Crippen LogP contribution in [-0.4, -0.2) is 28.8 Å². The second kappa shape index (κ2) is 10.6. The normalized spacial score (nSPS) is 15.4. The van der Waals surface area contributed by atoms with Gasteiger partial charge in [0, 0.05) is 17.6 Å². The summed E-state index contributed by atoms with van der Waals surface area (Å²) in [6.07, 6.45) is 5.80. The van der Waals surface area contributed by atoms with E-state index in [0.29, 0.717) is 11.6 Å². The molecule has 1 aliphatic rings. The van der Waals surface area contributed by atoms with Gasteiger partial charge in [0.1, 0.15) is 6.04 Å². The first-order valence-corrected chi connectivity index (χ1v) is 11.2. The Labute approximate surface area is 184 Å². The predicted octanol–water partition coefficient (Wildman–Crippen LogP) is 5.06. The molecule has 5 heteroatoms. The van der Waals surface area contributed by atoms with E-state index < -0.39 is 6.04 Å². The molecule has 0 radical (unpaired) electrons. The highest BCUT2D eigenvalue weighted by atomic mass is 35.5. The molecular weight excluding hydrogens is 396 g/mol. The van der Waals surface area contributed by atoms with Crippen LogP contribution in [0.2, 0.25) is 5.02 Å². The Hall–Kier alpha value is -2.33. The molecule has 160 valence electrons. The Morgan fingerprint density at radius 1 is 1.07 bits per heavy atom. The van der Waals surface area contributed by atoms with Gasteiger partial charge in [0.25, 0.3) is 0 Å². The highest BCUT2D eigenvalue weighted by molar-refractivity contribution is 6.30. The number of hydrogen-bond acceptors (Lipinski definition) is 2. The van der Waals surface area contributed by atoms with Crippen molar-refractivity contribution in [3.63, 3.8) is 0 Å². The van der Waals surface area contributed by atoms with Crippen molar-refractivity contribution >= 4 is 23.4 Å². The third-order valence-electron chi connectivity index (χ3n) is 5.80. The standard InChI is InChI=1S/C25H31ClN2O2/c1-18-8-6-10-21(14-18)17-28(24(29)16-20-9-7-11-22(26)15-20)19(2)25(30)27-23-12-4-3-5-13-23/h6-11,14-15,19,23H,3-5,12-13,16-17H2,1-2H3,(H,27,30). The topological polar surface area (TPSA) is 49.4 Å². The van der Waals surface area contributed by atoms with E-state index in [2.05, 4.69) is 11.4 Å². The molecule has 3 rings (SSSR count). The van der Waals surface area contributed by atoms with E-state index in [4.69, 9.17) is 11.6 Å². The molecule has 30 heavy (non-hydrogen) atoms. The number of benzene rings is 2. The minimum absolute atomic E-state index is 0.0750. The summed E-state index contributed by atoms with van der Waals surface area (Å²) >= 11 is 6.09. The zero-order valence-corrected chi connectivity index (χ0v) is 18.6. The Bertz CT molecular complexity index is 877. The summed E-state index contributed by atoms with van der Waals surface area (Å²) in [6.45, 7) is 4.25. The number of nitrogens with one attached hydrogen (secondary N) is 1. The lowest BCUT2D eigenvalue weighted by Gasteiger charge is -2.31. The van der Waals surface area contributed by atoms with Crippen LogP contribution in [0.15, 0.2) is 48.5 Å². The molecule has 0 bridgehead atoms. The minimum Gasteiger partial charge on any atom is -0.352 e. The van der Waals surface area contributed by atoms with Gasteiger partial charge in [-0.1, -0.05) is 72.8 Å². The van der Waals surface area contributed by atoms with E-state index in [1.165, 1.54) is 6.42 Å². The van der Waals surface area contributed by atoms with Crippen molar-refractivity contribution in [2.75, 3.05) is 0 Å². The van der Waals surface area contributed by atoms with Crippen LogP contribution in [0.25, 0.3) is 0 Å². The van der Waals surface area contributed by atoms with Crippen LogP contribution in [0.4, 0.5) is 0 Å². The summed E-state index contributed by atoms with van der Waals surface area (Å²) in [5.74, 6) is -0.154. The molecule has 2 amide bonds. The van der Waals surface area contributed by atoms with Crippen LogP contribution in [0, 0.1) is 6.92 Å². The number of carbonyl (C=O) groups excluding carboxylic acids is 2. The number of halogens is 1. The summed E-state index contributed by atoms with van der Waals surface area (Å²) in [5, 5.41) is 3.78. The van der Waals surface area contributed by atoms with E-state index >= 15 is 0 Å². The number of rotatable bonds is 7. The largest absolute Gasteiger partial charge is 0.352 e. The van der Waals surface area contributed by atoms with Crippen molar-refractivity contribution in [2.24, 2.45) is 0 Å². The summed E-state index contributed by atoms with van der Waals surface area (Å²) in [4.78, 5) is 27.9. The number of hydrogen-bond donors (Lipinski definition) is 1. The van der Waals surface area contributed by atoms with Crippen molar-refractivity contribution in [3.05, 3.63) is 70.2 Å². The molecule has 1 unspecified atom stereocenters. The molecule has 0 saturated heterocycles. The van der Waals surface area contributed by atoms with Crippen molar-refractivity contribution in [1.82, 2.24) is 10.2 Å². The average Bonchev–Trinajstić information content (AvgIpc) is 2.72. The smallest absolute Gasteiger partial charge is 0.242 e. The quantitative estimate of drug-likeness (QED) is 0.672. The maximum atomic E-state index is 13.3. The molecule has 0 heterocycles. The Morgan fingerprint density at radius 2 is 1.77 bits per heavy atom. The summed E-state index contributed by atoms with van der Waals surface area (Å²) in [7, 11) is 0. The highest BCUT2D eigenvalue weighted by Gasteiger charge is 2.28. The van der Waals surface area contributed by atoms with Crippen molar-refractivity contribution < 1.29 is 9.59 Å². The molecule has 1 aliphatic carbocycles. The molecule has 1 atom stereocenters. The number of carbonyl (C=O) groups is 2. The van der Waals surface area contributed by atoms with Crippen LogP contribution in [0.5, 0.6) is 0 Å². The van der Waals surface area contributed by atoms with Gasteiger partial charge in [-0.05, 0) is 49.9 Å². The first-order chi connectivity index (χ1) is 14.4. The Balaban J connectivity index is 1.76. The average molecular weight is 427 g/mol. The van der Waals surface area contributed by atoms with Gasteiger partial charge in [-0.15, -0.1) is 0 Å². The SMILES string of the molecule is Cc1cccc(CN(C(=O)Cc2cccc(Cl)c2)C(C)C(=O)NC2CCCCC2)c1. The lowest BCUT2D eigenvalue weighted by atomic mass is 9.95. The highest BCUT2D eigenvalue weighted by Crippen LogP contribution is 2.19. The van der Waals surface area contributed by atoms with Gasteiger partial charge < -0.3 is 10.2 Å². The molecule has 4 nitrogen and oxygen atoms in total. The predicted molar refractivity (Wildman–Crippen MR) is 121 cm³/mol. The molecule has 2 aromatic rings. The summed E-state index contributed by atoms with van der Waals surface area (Å²) in [5.41, 5.74) is 3.00. The Morgan fingerprint density at radius 3 is 2.47 bits per heavy atom. The van der Waals surface area contributed by atoms with Gasteiger partial charge in [-0.2, -0.15) is 0 Å². The molecule has 1 saturated carbocycles. The number of aryl methyl sites for hydroxylation is 1. The van der Waals surface area contributed by atoms with E-state index in [1.54, 1.807) is 17.0 Å². The molecule has 1 fully saturated rings. The van der Waals surface area contributed by atoms with Gasteiger partial charge in [-0.25, -0.2) is 0 Å². The first-order valence-electron chi connectivity index (χ1n) is 10.8. The van der Waals surface area contributed by atoms with Crippen molar-refractivity contribution in [1.29, 1.82) is 0 Å². The van der Waals surface area contributed by atoms with E-state index in [0.717, 1.165) is 42.4 Å². The number of amides is 2. The molecule has 2 aromatic carbocycles. The van der Waals surface area contributed by atoms with Crippen molar-refractivity contribution in [2.45, 2.75) is 71.0 Å². The third kappa shape index (κ3) is 6.33. The van der Waals surface area contributed by atoms with Gasteiger partial charge >= 0.3 is 0 Å². The zero-order valence-electron chi connectivity index (χ0n) is 17.9. The maximum Gasteiger partial charge on any atom is 0.242 e. The molecule has 0 aromatic heterocycles. The molecular formula is C25H31ClN2O2. The minimum atomic E-state index is -0.542. The summed E-state index contributed by atoms with van der Waals surface area (Å²) in [6, 6.07) is 15.1. The van der Waals surface area contributed by atoms with Crippen LogP contribution < -0.4 is 5.32 Å². The van der Waals surface area contributed by atoms with E-state index in [1.807, 2.05) is 44.2 Å². The lowest BCUT2D eigenvalue weighted by Crippen LogP contribution is -2.50. The van der Waals surface area contributed by atoms with Gasteiger partial charge in [0.15, 0.2) is 0 Å². The third-order valence-corrected chi connectivity index (χ3v) is 6.03. The van der Waals surface area contributed by atoms with E-state index in [9.17, 15) is 9.59 Å². The zero-order chi connectivity index (χ0) is 21.5. The lowest BCUT2D eigenvalue weighted by molar-refractivity contribution is -0.140. The Kier molecular flexibility index (Phi) is 7.92. The van der Waals surface area contributed by atoms with Crippen LogP contribution in [-0.2, 0) is 22.6 Å². The molecule has 0 spiro atoms. The van der Waals surface area contributed by atoms with Crippen molar-refractivity contribution in [3.8, 4) is 0 Å². The first kappa shape index (κ1) is 22.4. The van der Waals surface area contributed by atoms with Gasteiger partial charge in [-0.3, -0.25) is 9.59 Å². The van der Waals surface area contributed by atoms with Crippen LogP contribution in [0.3, 0.4) is 0 Å². The molecule has 0 aliphatic heterocycles. The second-order valence-electron chi connectivity index (χ2n) is 8.34. The van der Waals surface area contributed by atoms with Crippen LogP contribution >= 0.6 is 11.6 Å². The fourth-order valence-electron chi connectivity index (χ4n) is 4.08. The fraction of sp³-hybridized carbons (Fsp3) is 0.440. The molecule has 1 N–H and O–H groups in total. The van der Waals surface area contributed by atoms with Crippen LogP contribution in [0.1, 0.15) is 55.7 Å². The summed E-state index contributed by atoms with van der Waals surface area (Å²) < 4.78 is 0. The monoisotopic (exact) mass is 426 g/mol. The fourth-order valence-corrected chi connectivity index (χ4v) is 4.29. The van der Waals surface area contributed by atoms with Gasteiger partial charge in [0.05, 0.1) is 6.42 Å².